The van der Waals surface area contributed by atoms with Crippen molar-refractivity contribution >= 4 is 35.4 Å². The average Bonchev–Trinajstić information content (AvgIpc) is 2.85. The molecule has 1 aromatic carbocycles. The molecule has 1 fully saturated rings. The number of rotatable bonds is 10. The fourth-order valence-corrected chi connectivity index (χ4v) is 4.07. The number of anilines is 1. The molecular formula is C26H36N2O9. The van der Waals surface area contributed by atoms with E-state index >= 15 is 0 Å². The van der Waals surface area contributed by atoms with Crippen molar-refractivity contribution in [2.45, 2.75) is 84.5 Å². The minimum Gasteiger partial charge on any atom is -0.505 e. The fraction of sp³-hybridized carbons (Fsp3) is 0.577. The Kier molecular flexibility index (Phi) is 11.4. The highest BCUT2D eigenvalue weighted by Crippen LogP contribution is 2.28. The number of cyclic esters (lactones) is 2. The van der Waals surface area contributed by atoms with Crippen molar-refractivity contribution in [3.63, 3.8) is 0 Å². The van der Waals surface area contributed by atoms with E-state index in [9.17, 15) is 29.1 Å². The van der Waals surface area contributed by atoms with E-state index in [-0.39, 0.29) is 17.9 Å². The van der Waals surface area contributed by atoms with Crippen molar-refractivity contribution in [3.8, 4) is 5.75 Å². The first-order valence-electron chi connectivity index (χ1n) is 12.5. The summed E-state index contributed by atoms with van der Waals surface area (Å²) < 4.78 is 16.2. The first kappa shape index (κ1) is 29.6. The summed E-state index contributed by atoms with van der Waals surface area (Å²) >= 11 is 0. The third kappa shape index (κ3) is 8.76. The molecule has 1 aliphatic rings. The first-order valence-corrected chi connectivity index (χ1v) is 12.5. The number of esters is 3. The molecular weight excluding hydrogens is 484 g/mol. The molecule has 0 aliphatic carbocycles. The van der Waals surface area contributed by atoms with Crippen LogP contribution >= 0.6 is 0 Å². The maximum absolute atomic E-state index is 13.1. The van der Waals surface area contributed by atoms with Crippen LogP contribution in [0.2, 0.25) is 0 Å². The number of hydrogen-bond acceptors (Lipinski definition) is 9. The Hall–Kier alpha value is -3.63. The van der Waals surface area contributed by atoms with Crippen molar-refractivity contribution in [3.05, 3.63) is 23.8 Å². The van der Waals surface area contributed by atoms with Crippen LogP contribution in [-0.4, -0.2) is 59.7 Å². The van der Waals surface area contributed by atoms with E-state index < -0.39 is 59.6 Å². The van der Waals surface area contributed by atoms with Gasteiger partial charge in [0.1, 0.15) is 18.8 Å². The van der Waals surface area contributed by atoms with Crippen molar-refractivity contribution in [1.29, 1.82) is 0 Å². The number of ether oxygens (including phenoxy) is 3. The summed E-state index contributed by atoms with van der Waals surface area (Å²) in [6, 6.07) is 2.75. The van der Waals surface area contributed by atoms with Gasteiger partial charge in [-0.2, -0.15) is 0 Å². The van der Waals surface area contributed by atoms with Crippen LogP contribution < -0.4 is 10.6 Å². The Morgan fingerprint density at radius 2 is 1.78 bits per heavy atom. The Morgan fingerprint density at radius 1 is 1.08 bits per heavy atom. The van der Waals surface area contributed by atoms with Gasteiger partial charge in [-0.05, 0) is 25.5 Å². The van der Waals surface area contributed by atoms with Gasteiger partial charge in [-0.25, -0.2) is 4.79 Å². The fourth-order valence-electron chi connectivity index (χ4n) is 4.07. The van der Waals surface area contributed by atoms with Crippen LogP contribution in [0.3, 0.4) is 0 Å². The molecule has 1 aliphatic heterocycles. The summed E-state index contributed by atoms with van der Waals surface area (Å²) in [6.07, 6.45) is 2.96. The van der Waals surface area contributed by atoms with Crippen molar-refractivity contribution in [2.75, 3.05) is 11.9 Å². The number of hydrogen-bond donors (Lipinski definition) is 3. The van der Waals surface area contributed by atoms with E-state index in [1.807, 2.05) is 0 Å². The van der Waals surface area contributed by atoms with Crippen molar-refractivity contribution in [1.82, 2.24) is 5.32 Å². The van der Waals surface area contributed by atoms with E-state index in [2.05, 4.69) is 17.6 Å². The Morgan fingerprint density at radius 3 is 2.43 bits per heavy atom. The van der Waals surface area contributed by atoms with Gasteiger partial charge in [0, 0.05) is 13.8 Å². The van der Waals surface area contributed by atoms with Gasteiger partial charge in [0.25, 0.3) is 5.91 Å². The topological polar surface area (TPSA) is 157 Å². The lowest BCUT2D eigenvalue weighted by molar-refractivity contribution is -0.166. The zero-order chi connectivity index (χ0) is 27.5. The van der Waals surface area contributed by atoms with Gasteiger partial charge in [-0.15, -0.1) is 0 Å². The number of benzene rings is 1. The molecule has 11 heteroatoms. The van der Waals surface area contributed by atoms with Crippen LogP contribution in [0.25, 0.3) is 0 Å². The lowest BCUT2D eigenvalue weighted by Gasteiger charge is -2.25. The molecule has 0 saturated carbocycles. The molecule has 2 rings (SSSR count). The molecule has 0 bridgehead atoms. The highest BCUT2D eigenvalue weighted by Gasteiger charge is 2.40. The van der Waals surface area contributed by atoms with Gasteiger partial charge in [-0.3, -0.25) is 19.2 Å². The highest BCUT2D eigenvalue weighted by molar-refractivity contribution is 6.02. The highest BCUT2D eigenvalue weighted by atomic mass is 16.6. The number of unbranched alkanes of at least 4 members (excludes halogenated alkanes) is 4. The lowest BCUT2D eigenvalue weighted by atomic mass is 9.95. The van der Waals surface area contributed by atoms with Crippen LogP contribution in [0.5, 0.6) is 5.75 Å². The van der Waals surface area contributed by atoms with Gasteiger partial charge < -0.3 is 30.0 Å². The minimum atomic E-state index is -1.40. The number of carbonyl (C=O) groups excluding carboxylic acids is 5. The monoisotopic (exact) mass is 520 g/mol. The van der Waals surface area contributed by atoms with Crippen LogP contribution in [0.4, 0.5) is 5.69 Å². The van der Waals surface area contributed by atoms with Crippen molar-refractivity contribution in [2.24, 2.45) is 5.92 Å². The van der Waals surface area contributed by atoms with Gasteiger partial charge in [-0.1, -0.05) is 45.1 Å². The number of aromatic hydroxyl groups is 1. The quantitative estimate of drug-likeness (QED) is 0.183. The van der Waals surface area contributed by atoms with E-state index in [0.29, 0.717) is 12.8 Å². The van der Waals surface area contributed by atoms with Gasteiger partial charge in [0.15, 0.2) is 11.8 Å². The second-order valence-electron chi connectivity index (χ2n) is 9.06. The Balaban J connectivity index is 2.22. The molecule has 1 saturated heterocycles. The number of phenolic OH excluding ortho intramolecular Hbond substituents is 1. The summed E-state index contributed by atoms with van der Waals surface area (Å²) in [7, 11) is 0. The number of carbonyl (C=O) groups is 5. The average molecular weight is 521 g/mol. The van der Waals surface area contributed by atoms with E-state index in [1.165, 1.54) is 39.0 Å². The molecule has 4 unspecified atom stereocenters. The zero-order valence-corrected chi connectivity index (χ0v) is 21.7. The predicted molar refractivity (Wildman–Crippen MR) is 133 cm³/mol. The summed E-state index contributed by atoms with van der Waals surface area (Å²) in [5.41, 5.74) is -0.192. The lowest BCUT2D eigenvalue weighted by Crippen LogP contribution is -2.49. The molecule has 0 spiro atoms. The standard InChI is InChI=1S/C26H36N2O9/c1-5-6-7-8-9-11-18-21(37-17(4)30)14-35-26(34)22(15(2)36-25(18)33)28-24(32)19-12-10-13-20(23(19)31)27-16(3)29/h10,12-13,15,18,21-22,31H,5-9,11,14H2,1-4H3,(H,27,29)(H,28,32). The third-order valence-electron chi connectivity index (χ3n) is 5.98. The molecule has 204 valence electrons. The minimum absolute atomic E-state index is 0.0164. The van der Waals surface area contributed by atoms with Crippen LogP contribution in [0.15, 0.2) is 18.2 Å². The van der Waals surface area contributed by atoms with Crippen LogP contribution in [0.1, 0.15) is 76.6 Å². The van der Waals surface area contributed by atoms with Gasteiger partial charge >= 0.3 is 17.9 Å². The van der Waals surface area contributed by atoms with E-state index in [4.69, 9.17) is 14.2 Å². The SMILES string of the molecule is CCCCCCCC1C(=O)OC(C)C(NC(=O)c2cccc(NC(C)=O)c2O)C(=O)OCC1OC(C)=O. The van der Waals surface area contributed by atoms with E-state index in [1.54, 1.807) is 0 Å². The number of nitrogens with one attached hydrogen (secondary N) is 2. The molecule has 1 aromatic rings. The Bertz CT molecular complexity index is 994. The van der Waals surface area contributed by atoms with Crippen LogP contribution in [0, 0.1) is 5.92 Å². The van der Waals surface area contributed by atoms with Gasteiger partial charge in [0.2, 0.25) is 5.91 Å². The summed E-state index contributed by atoms with van der Waals surface area (Å²) in [6.45, 7) is 5.60. The molecule has 0 radical (unpaired) electrons. The molecule has 11 nitrogen and oxygen atoms in total. The number of amides is 2. The maximum atomic E-state index is 13.1. The smallest absolute Gasteiger partial charge is 0.332 e. The second-order valence-corrected chi connectivity index (χ2v) is 9.06. The second kappa shape index (κ2) is 14.2. The van der Waals surface area contributed by atoms with Crippen molar-refractivity contribution < 1.29 is 43.3 Å². The molecule has 2 amide bonds. The third-order valence-corrected chi connectivity index (χ3v) is 5.98. The van der Waals surface area contributed by atoms with E-state index in [0.717, 1.165) is 25.7 Å². The van der Waals surface area contributed by atoms with Crippen LogP contribution in [-0.2, 0) is 33.4 Å². The first-order chi connectivity index (χ1) is 17.5. The normalized spacial score (nSPS) is 21.9. The molecule has 0 aromatic heterocycles. The maximum Gasteiger partial charge on any atom is 0.332 e. The summed E-state index contributed by atoms with van der Waals surface area (Å²) in [4.78, 5) is 61.9. The summed E-state index contributed by atoms with van der Waals surface area (Å²) in [5.74, 6) is -4.82. The molecule has 1 heterocycles. The Labute approximate surface area is 216 Å². The molecule has 4 atom stereocenters. The molecule has 37 heavy (non-hydrogen) atoms. The largest absolute Gasteiger partial charge is 0.505 e. The molecule has 3 N–H and O–H groups in total. The predicted octanol–water partition coefficient (Wildman–Crippen LogP) is 2.85. The summed E-state index contributed by atoms with van der Waals surface area (Å²) in [5, 5.41) is 15.3. The van der Waals surface area contributed by atoms with Gasteiger partial charge in [0.05, 0.1) is 17.2 Å². The number of para-hydroxylation sites is 1. The zero-order valence-electron chi connectivity index (χ0n) is 21.7. The number of phenols is 1.